The number of hydrogen-bond acceptors (Lipinski definition) is 1. The van der Waals surface area contributed by atoms with E-state index >= 15 is 0 Å². The van der Waals surface area contributed by atoms with Gasteiger partial charge in [-0.3, -0.25) is 4.99 Å². The highest BCUT2D eigenvalue weighted by atomic mass is 15.0. The maximum Gasteiger partial charge on any atom is 0.105 e. The van der Waals surface area contributed by atoms with E-state index in [-0.39, 0.29) is 0 Å². The first-order valence-corrected chi connectivity index (χ1v) is 3.50. The molecule has 0 aromatic heterocycles. The summed E-state index contributed by atoms with van der Waals surface area (Å²) >= 11 is 0. The van der Waals surface area contributed by atoms with Crippen molar-refractivity contribution in [1.29, 1.82) is 0 Å². The molecule has 0 saturated carbocycles. The van der Waals surface area contributed by atoms with E-state index < -0.39 is 0 Å². The summed E-state index contributed by atoms with van der Waals surface area (Å²) in [7, 11) is 0. The molecule has 1 radical (unpaired) electrons. The van der Waals surface area contributed by atoms with Crippen LogP contribution in [-0.4, -0.2) is 18.9 Å². The zero-order valence-corrected chi connectivity index (χ0v) is 5.75. The maximum atomic E-state index is 4.25. The van der Waals surface area contributed by atoms with Crippen LogP contribution in [0.1, 0.15) is 6.42 Å². The summed E-state index contributed by atoms with van der Waals surface area (Å²) in [5, 5.41) is 4.17. The highest BCUT2D eigenvalue weighted by Gasteiger charge is 2.10. The van der Waals surface area contributed by atoms with Gasteiger partial charge in [-0.05, 0) is 18.1 Å². The van der Waals surface area contributed by atoms with Crippen LogP contribution in [0.3, 0.4) is 0 Å². The minimum atomic E-state index is 0.650. The summed E-state index contributed by atoms with van der Waals surface area (Å²) in [5.41, 5.74) is 2.44. The van der Waals surface area contributed by atoms with Gasteiger partial charge in [0.25, 0.3) is 0 Å². The molecule has 1 aliphatic heterocycles. The van der Waals surface area contributed by atoms with E-state index in [1.165, 1.54) is 5.57 Å². The fourth-order valence-electron chi connectivity index (χ4n) is 1.20. The molecule has 1 aliphatic carbocycles. The second-order valence-electron chi connectivity index (χ2n) is 2.43. The molecule has 0 amide bonds. The molecule has 0 atom stereocenters. The molecule has 0 saturated heterocycles. The smallest absolute Gasteiger partial charge is 0.105 e. The number of fused-ring (bicyclic) bond motifs is 1. The van der Waals surface area contributed by atoms with Crippen molar-refractivity contribution in [2.45, 2.75) is 6.42 Å². The lowest BCUT2D eigenvalue weighted by atomic mass is 10.0. The summed E-state index contributed by atoms with van der Waals surface area (Å²) in [4.78, 5) is 4.25. The Hall–Kier alpha value is -0.890. The van der Waals surface area contributed by atoms with Crippen LogP contribution in [0.2, 0.25) is 0 Å². The average molecular weight is 133 g/mol. The van der Waals surface area contributed by atoms with E-state index in [0.29, 0.717) is 6.67 Å². The van der Waals surface area contributed by atoms with Gasteiger partial charge in [0.2, 0.25) is 0 Å². The van der Waals surface area contributed by atoms with Gasteiger partial charge < -0.3 is 0 Å². The Morgan fingerprint density at radius 1 is 1.40 bits per heavy atom. The topological polar surface area (TPSA) is 26.5 Å². The van der Waals surface area contributed by atoms with E-state index in [4.69, 9.17) is 0 Å². The molecule has 0 fully saturated rings. The summed E-state index contributed by atoms with van der Waals surface area (Å²) in [6, 6.07) is 0. The molecule has 0 aromatic rings. The van der Waals surface area contributed by atoms with E-state index in [1.807, 2.05) is 0 Å². The monoisotopic (exact) mass is 133 g/mol. The van der Waals surface area contributed by atoms with Crippen molar-refractivity contribution in [3.05, 3.63) is 23.8 Å². The Morgan fingerprint density at radius 2 is 2.40 bits per heavy atom. The molecule has 51 valence electrons. The molecular formula is C8H9N2. The largest absolute Gasteiger partial charge is 0.268 e. The van der Waals surface area contributed by atoms with Crippen molar-refractivity contribution in [2.24, 2.45) is 4.99 Å². The predicted octanol–water partition coefficient (Wildman–Crippen LogP) is 0.889. The van der Waals surface area contributed by atoms with Gasteiger partial charge in [0.05, 0.1) is 5.71 Å². The first-order chi connectivity index (χ1) is 4.97. The lowest BCUT2D eigenvalue weighted by Crippen LogP contribution is -2.22. The van der Waals surface area contributed by atoms with Crippen molar-refractivity contribution in [1.82, 2.24) is 5.32 Å². The Morgan fingerprint density at radius 3 is 3.30 bits per heavy atom. The molecular weight excluding hydrogens is 124 g/mol. The SMILES string of the molecule is C1=CC2=NC[N]CC2=CC1. The lowest BCUT2D eigenvalue weighted by Gasteiger charge is -2.15. The van der Waals surface area contributed by atoms with Crippen molar-refractivity contribution in [3.63, 3.8) is 0 Å². The molecule has 0 bridgehead atoms. The van der Waals surface area contributed by atoms with Gasteiger partial charge in [0.1, 0.15) is 6.67 Å². The van der Waals surface area contributed by atoms with Gasteiger partial charge in [-0.2, -0.15) is 0 Å². The van der Waals surface area contributed by atoms with Gasteiger partial charge >= 0.3 is 0 Å². The highest BCUT2D eigenvalue weighted by Crippen LogP contribution is 2.10. The van der Waals surface area contributed by atoms with Gasteiger partial charge in [0.15, 0.2) is 0 Å². The van der Waals surface area contributed by atoms with Crippen molar-refractivity contribution in [2.75, 3.05) is 13.2 Å². The van der Waals surface area contributed by atoms with Crippen LogP contribution < -0.4 is 5.32 Å². The Balaban J connectivity index is 2.32. The van der Waals surface area contributed by atoms with Crippen LogP contribution in [0, 0.1) is 0 Å². The van der Waals surface area contributed by atoms with Crippen LogP contribution in [0.5, 0.6) is 0 Å². The molecule has 0 spiro atoms. The van der Waals surface area contributed by atoms with Gasteiger partial charge in [-0.1, -0.05) is 12.2 Å². The van der Waals surface area contributed by atoms with Crippen LogP contribution in [0.15, 0.2) is 28.8 Å². The van der Waals surface area contributed by atoms with Crippen molar-refractivity contribution in [3.8, 4) is 0 Å². The van der Waals surface area contributed by atoms with E-state index in [0.717, 1.165) is 18.7 Å². The molecule has 0 N–H and O–H groups in total. The molecule has 2 aliphatic rings. The third-order valence-electron chi connectivity index (χ3n) is 1.73. The maximum absolute atomic E-state index is 4.25. The summed E-state index contributed by atoms with van der Waals surface area (Å²) in [6.07, 6.45) is 7.46. The minimum absolute atomic E-state index is 0.650. The van der Waals surface area contributed by atoms with Crippen LogP contribution in [0.4, 0.5) is 0 Å². The van der Waals surface area contributed by atoms with Crippen molar-refractivity contribution < 1.29 is 0 Å². The van der Waals surface area contributed by atoms with Crippen molar-refractivity contribution >= 4 is 5.71 Å². The average Bonchev–Trinajstić information content (AvgIpc) is 2.05. The molecule has 10 heavy (non-hydrogen) atoms. The molecule has 1 heterocycles. The normalized spacial score (nSPS) is 23.2. The fourth-order valence-corrected chi connectivity index (χ4v) is 1.20. The first-order valence-electron chi connectivity index (χ1n) is 3.50. The van der Waals surface area contributed by atoms with E-state index in [9.17, 15) is 0 Å². The van der Waals surface area contributed by atoms with Crippen LogP contribution in [0.25, 0.3) is 0 Å². The Labute approximate surface area is 60.3 Å². The number of aliphatic imine (C=N–C) groups is 1. The molecule has 0 unspecified atom stereocenters. The minimum Gasteiger partial charge on any atom is -0.268 e. The molecule has 2 rings (SSSR count). The van der Waals surface area contributed by atoms with E-state index in [1.54, 1.807) is 0 Å². The fraction of sp³-hybridized carbons (Fsp3) is 0.375. The highest BCUT2D eigenvalue weighted by molar-refractivity contribution is 6.09. The second kappa shape index (κ2) is 2.39. The lowest BCUT2D eigenvalue weighted by molar-refractivity contribution is 0.729. The zero-order valence-electron chi connectivity index (χ0n) is 5.75. The van der Waals surface area contributed by atoms with Gasteiger partial charge in [-0.15, -0.1) is 0 Å². The second-order valence-corrected chi connectivity index (χ2v) is 2.43. The predicted molar refractivity (Wildman–Crippen MR) is 41.1 cm³/mol. The Bertz CT molecular complexity index is 223. The van der Waals surface area contributed by atoms with Crippen LogP contribution in [-0.2, 0) is 0 Å². The molecule has 0 aromatic carbocycles. The quantitative estimate of drug-likeness (QED) is 0.469. The summed E-state index contributed by atoms with van der Waals surface area (Å²) < 4.78 is 0. The number of allylic oxidation sites excluding steroid dienone is 3. The van der Waals surface area contributed by atoms with E-state index in [2.05, 4.69) is 28.5 Å². The standard InChI is InChI=1S/C8H9N2/c1-2-4-8-7(3-1)5-9-6-10-8/h2-4H,1,5-6H2. The third kappa shape index (κ3) is 0.907. The number of hydrogen-bond donors (Lipinski definition) is 0. The number of rotatable bonds is 0. The molecule has 2 heteroatoms. The number of nitrogens with zero attached hydrogens (tertiary/aromatic N) is 2. The molecule has 2 nitrogen and oxygen atoms in total. The third-order valence-corrected chi connectivity index (χ3v) is 1.73. The first kappa shape index (κ1) is 5.86. The Kier molecular flexibility index (Phi) is 1.40. The summed E-state index contributed by atoms with van der Waals surface area (Å²) in [5.74, 6) is 0. The van der Waals surface area contributed by atoms with Gasteiger partial charge in [0, 0.05) is 6.54 Å². The zero-order chi connectivity index (χ0) is 6.81. The van der Waals surface area contributed by atoms with Gasteiger partial charge in [-0.25, -0.2) is 5.32 Å². The van der Waals surface area contributed by atoms with Crippen LogP contribution >= 0.6 is 0 Å². The summed E-state index contributed by atoms with van der Waals surface area (Å²) in [6.45, 7) is 1.51.